The summed E-state index contributed by atoms with van der Waals surface area (Å²) in [4.78, 5) is 79.7. The average molecular weight is 805 g/mol. The average Bonchev–Trinajstić information content (AvgIpc) is 3.07. The maximum Gasteiger partial charge on any atom is 0.323 e. The second-order valence-electron chi connectivity index (χ2n) is 10.2. The number of carbonyl (C=O) groups is 8. The number of nitrogens with two attached hydrogens (primary N) is 8. The molecule has 25 nitrogen and oxygen atoms in total. The molecule has 0 saturated heterocycles. The van der Waals surface area contributed by atoms with Gasteiger partial charge in [0.05, 0.1) is 19.1 Å². The molecule has 312 valence electrons. The summed E-state index contributed by atoms with van der Waals surface area (Å²) in [5.41, 5.74) is 40.1. The van der Waals surface area contributed by atoms with Crippen LogP contribution >= 0.6 is 12.6 Å². The third kappa shape index (κ3) is 39.6. The number of aliphatic hydroxyl groups excluding tert-OH is 2. The standard InChI is InChI=1S/C9H11NO3.C5H10N2O3.C4H8N2O3.C4H9NO3.C3H7NO3.C3H7NO2S/c10-8(9(12)13)5-6-1-3-7(11)4-2-6;6-3(5(9)10)1-2-4(7)8;5-2(4(8)9)1-3(6)7;1-2(6)3(5)4(7)8;4-2(1-5)3(6)7;4-2(1-7)3(5)6/h1-4,8,11H,5,10H2,(H,12,13);3H,1-2,6H2,(H2,7,8)(H,9,10);2H,1,5H2,(H2,6,7)(H,8,9);2-3,6H,5H2,1H3,(H,7,8);2,5H,1,4H2,(H,6,7);2,7H,1,4H2,(H,5,6)/t8-;3-;2-;2-,3+;2*2-/m000100/s1. The zero-order valence-corrected chi connectivity index (χ0v) is 29.8. The molecular weight excluding hydrogens is 752 g/mol. The number of thiol groups is 1. The first-order chi connectivity index (χ1) is 24.6. The number of aliphatic carboxylic acids is 6. The van der Waals surface area contributed by atoms with E-state index in [1.165, 1.54) is 19.1 Å². The Labute approximate surface area is 313 Å². The molecule has 1 aromatic carbocycles. The van der Waals surface area contributed by atoms with Gasteiger partial charge in [-0.05, 0) is 37.5 Å². The van der Waals surface area contributed by atoms with Crippen molar-refractivity contribution < 1.29 is 84.3 Å². The van der Waals surface area contributed by atoms with Crippen LogP contribution in [0.3, 0.4) is 0 Å². The number of carbonyl (C=O) groups excluding carboxylic acids is 2. The van der Waals surface area contributed by atoms with Crippen LogP contribution in [-0.2, 0) is 44.8 Å². The number of hydrogen-bond acceptors (Lipinski definition) is 18. The SMILES string of the molecule is C[C@@H](O)[C@H](N)C(=O)O.NC(=O)CC[C@H](N)C(=O)O.NC(=O)C[C@H](N)C(=O)O.N[C@@H](CO)C(=O)O.N[C@@H](CS)C(=O)O.N[C@@H](Cc1ccc(O)cc1)C(=O)O. The van der Waals surface area contributed by atoms with E-state index in [1.54, 1.807) is 12.1 Å². The van der Waals surface area contributed by atoms with Crippen molar-refractivity contribution in [3.63, 3.8) is 0 Å². The van der Waals surface area contributed by atoms with Crippen molar-refractivity contribution in [2.45, 2.75) is 75.0 Å². The van der Waals surface area contributed by atoms with Crippen molar-refractivity contribution in [2.24, 2.45) is 45.9 Å². The van der Waals surface area contributed by atoms with Gasteiger partial charge in [0, 0.05) is 12.2 Å². The van der Waals surface area contributed by atoms with Crippen LogP contribution in [-0.4, -0.2) is 148 Å². The lowest BCUT2D eigenvalue weighted by Gasteiger charge is -2.06. The molecule has 0 radical (unpaired) electrons. The molecule has 1 rings (SSSR count). The van der Waals surface area contributed by atoms with Gasteiger partial charge >= 0.3 is 35.8 Å². The molecular formula is C28H52N8O17S. The van der Waals surface area contributed by atoms with Crippen molar-refractivity contribution >= 4 is 60.3 Å². The fraction of sp³-hybridized carbons (Fsp3) is 0.500. The second-order valence-corrected chi connectivity index (χ2v) is 10.6. The quantitative estimate of drug-likeness (QED) is 0.0691. The number of hydrogen-bond donors (Lipinski definition) is 18. The first-order valence-corrected chi connectivity index (χ1v) is 15.4. The number of rotatable bonds is 16. The molecule has 0 bridgehead atoms. The fourth-order valence-corrected chi connectivity index (χ4v) is 2.22. The Balaban J connectivity index is -0.000000181. The number of carboxylic acids is 6. The van der Waals surface area contributed by atoms with Gasteiger partial charge in [-0.1, -0.05) is 12.1 Å². The minimum Gasteiger partial charge on any atom is -0.508 e. The Kier molecular flexibility index (Phi) is 36.2. The van der Waals surface area contributed by atoms with Crippen LogP contribution in [0, 0.1) is 0 Å². The van der Waals surface area contributed by atoms with Crippen LogP contribution in [0.5, 0.6) is 5.75 Å². The van der Waals surface area contributed by atoms with Crippen molar-refractivity contribution in [3.05, 3.63) is 29.8 Å². The van der Waals surface area contributed by atoms with E-state index in [0.29, 0.717) is 0 Å². The molecule has 0 heterocycles. The first kappa shape index (κ1) is 58.1. The number of phenolic OH excluding ortho intramolecular Hbond substituents is 1. The van der Waals surface area contributed by atoms with Crippen LogP contribution in [0.4, 0.5) is 0 Å². The number of phenols is 1. The molecule has 1 aromatic rings. The monoisotopic (exact) mass is 804 g/mol. The molecule has 0 aliphatic carbocycles. The van der Waals surface area contributed by atoms with Gasteiger partial charge in [0.15, 0.2) is 0 Å². The van der Waals surface area contributed by atoms with Gasteiger partial charge in [-0.2, -0.15) is 12.6 Å². The summed E-state index contributed by atoms with van der Waals surface area (Å²) >= 11 is 3.65. The van der Waals surface area contributed by atoms with Crippen LogP contribution in [0.25, 0.3) is 0 Å². The first-order valence-electron chi connectivity index (χ1n) is 14.7. The molecule has 0 fully saturated rings. The summed E-state index contributed by atoms with van der Waals surface area (Å²) in [6.07, 6.45) is -0.893. The molecule has 0 aromatic heterocycles. The molecule has 0 aliphatic heterocycles. The lowest BCUT2D eigenvalue weighted by Crippen LogP contribution is -2.39. The highest BCUT2D eigenvalue weighted by atomic mass is 32.1. The van der Waals surface area contributed by atoms with Crippen molar-refractivity contribution in [3.8, 4) is 5.75 Å². The third-order valence-corrected chi connectivity index (χ3v) is 5.69. The highest BCUT2D eigenvalue weighted by Crippen LogP contribution is 2.10. The summed E-state index contributed by atoms with van der Waals surface area (Å²) in [5, 5.41) is 74.2. The van der Waals surface area contributed by atoms with Gasteiger partial charge in [0.25, 0.3) is 0 Å². The Morgan fingerprint density at radius 1 is 0.611 bits per heavy atom. The van der Waals surface area contributed by atoms with E-state index in [4.69, 9.17) is 86.1 Å². The van der Waals surface area contributed by atoms with Gasteiger partial charge in [0.2, 0.25) is 11.8 Å². The van der Waals surface area contributed by atoms with Gasteiger partial charge in [-0.3, -0.25) is 38.4 Å². The van der Waals surface area contributed by atoms with Crippen molar-refractivity contribution in [1.29, 1.82) is 0 Å². The molecule has 0 aliphatic rings. The maximum absolute atomic E-state index is 10.4. The van der Waals surface area contributed by atoms with E-state index in [2.05, 4.69) is 18.4 Å². The largest absolute Gasteiger partial charge is 0.508 e. The predicted octanol–water partition coefficient (Wildman–Crippen LogP) is -6.22. The normalized spacial score (nSPS) is 13.4. The van der Waals surface area contributed by atoms with Crippen LogP contribution < -0.4 is 45.9 Å². The zero-order valence-electron chi connectivity index (χ0n) is 29.0. The topological polar surface area (TPSA) is 527 Å². The van der Waals surface area contributed by atoms with Gasteiger partial charge < -0.3 is 91.8 Å². The summed E-state index contributed by atoms with van der Waals surface area (Å²) in [7, 11) is 0. The van der Waals surface area contributed by atoms with E-state index >= 15 is 0 Å². The number of benzene rings is 1. The molecule has 0 unspecified atom stereocenters. The smallest absolute Gasteiger partial charge is 0.323 e. The maximum atomic E-state index is 10.4. The van der Waals surface area contributed by atoms with E-state index in [0.717, 1.165) is 5.56 Å². The Hall–Kier alpha value is -5.19. The number of aliphatic hydroxyl groups is 2. The van der Waals surface area contributed by atoms with E-state index in [9.17, 15) is 38.4 Å². The van der Waals surface area contributed by atoms with Crippen LogP contribution in [0.1, 0.15) is 31.7 Å². The molecule has 2 amide bonds. The van der Waals surface area contributed by atoms with Gasteiger partial charge in [0.1, 0.15) is 42.0 Å². The summed E-state index contributed by atoms with van der Waals surface area (Å²) in [6.45, 7) is 0.827. The predicted molar refractivity (Wildman–Crippen MR) is 190 cm³/mol. The number of carboxylic acid groups (broad SMARTS) is 6. The van der Waals surface area contributed by atoms with E-state index < -0.39 is 96.6 Å². The van der Waals surface area contributed by atoms with Crippen molar-refractivity contribution in [1.82, 2.24) is 0 Å². The summed E-state index contributed by atoms with van der Waals surface area (Å²) in [6, 6.07) is 0.183. The van der Waals surface area contributed by atoms with E-state index in [1.807, 2.05) is 0 Å². The molecule has 54 heavy (non-hydrogen) atoms. The molecule has 0 saturated carbocycles. The molecule has 25 N–H and O–H groups in total. The number of amides is 2. The van der Waals surface area contributed by atoms with Crippen LogP contribution in [0.15, 0.2) is 24.3 Å². The van der Waals surface area contributed by atoms with Crippen LogP contribution in [0.2, 0.25) is 0 Å². The molecule has 26 heteroatoms. The lowest BCUT2D eigenvalue weighted by molar-refractivity contribution is -0.141. The minimum absolute atomic E-state index is 0.0213. The Bertz CT molecular complexity index is 1270. The molecule has 7 atom stereocenters. The highest BCUT2D eigenvalue weighted by Gasteiger charge is 2.16. The van der Waals surface area contributed by atoms with Gasteiger partial charge in [-0.15, -0.1) is 0 Å². The summed E-state index contributed by atoms with van der Waals surface area (Å²) in [5.74, 6) is -7.59. The number of primary amides is 2. The van der Waals surface area contributed by atoms with E-state index in [-0.39, 0.29) is 37.2 Å². The lowest BCUT2D eigenvalue weighted by atomic mass is 10.1. The fourth-order valence-electron chi connectivity index (χ4n) is 2.06. The molecule has 0 spiro atoms. The Morgan fingerprint density at radius 3 is 1.19 bits per heavy atom. The summed E-state index contributed by atoms with van der Waals surface area (Å²) < 4.78 is 0. The second kappa shape index (κ2) is 33.6. The minimum atomic E-state index is -1.21. The zero-order chi connectivity index (χ0) is 43.9. The third-order valence-electron chi connectivity index (χ3n) is 5.30. The van der Waals surface area contributed by atoms with Gasteiger partial charge in [-0.25, -0.2) is 0 Å². The highest BCUT2D eigenvalue weighted by molar-refractivity contribution is 7.80. The van der Waals surface area contributed by atoms with Crippen molar-refractivity contribution in [2.75, 3.05) is 12.4 Å². The number of aromatic hydroxyl groups is 1. The Morgan fingerprint density at radius 2 is 1.00 bits per heavy atom.